The van der Waals surface area contributed by atoms with Gasteiger partial charge in [0.15, 0.2) is 0 Å². The predicted octanol–water partition coefficient (Wildman–Crippen LogP) is 3.25. The van der Waals surface area contributed by atoms with Gasteiger partial charge in [-0.15, -0.1) is 0 Å². The van der Waals surface area contributed by atoms with Gasteiger partial charge in [0.1, 0.15) is 23.9 Å². The van der Waals surface area contributed by atoms with Gasteiger partial charge >= 0.3 is 0 Å². The summed E-state index contributed by atoms with van der Waals surface area (Å²) in [4.78, 5) is 27.4. The molecule has 6 nitrogen and oxygen atoms in total. The molecule has 2 heterocycles. The number of hydrogen-bond acceptors (Lipinski definition) is 4. The number of hydrogen-bond donors (Lipinski definition) is 1. The fourth-order valence-electron chi connectivity index (χ4n) is 4.36. The molecule has 2 aromatic carbocycles. The van der Waals surface area contributed by atoms with Gasteiger partial charge in [-0.3, -0.25) is 9.59 Å². The van der Waals surface area contributed by atoms with Crippen LogP contribution in [0.25, 0.3) is 0 Å². The number of ether oxygens (including phenoxy) is 2. The van der Waals surface area contributed by atoms with Gasteiger partial charge in [-0.25, -0.2) is 4.39 Å². The smallest absolute Gasteiger partial charge is 0.229 e. The van der Waals surface area contributed by atoms with Crippen LogP contribution in [0.5, 0.6) is 11.5 Å². The molecular formula is C25H29FN2O4. The van der Waals surface area contributed by atoms with E-state index in [1.54, 1.807) is 20.1 Å². The Labute approximate surface area is 187 Å². The summed E-state index contributed by atoms with van der Waals surface area (Å²) in [5.41, 5.74) is 2.31. The van der Waals surface area contributed by atoms with Crippen molar-refractivity contribution in [3.05, 3.63) is 58.9 Å². The van der Waals surface area contributed by atoms with Crippen LogP contribution in [0.1, 0.15) is 29.5 Å². The number of benzene rings is 2. The first-order valence-electron chi connectivity index (χ1n) is 11.1. The highest BCUT2D eigenvalue weighted by molar-refractivity contribution is 5.81. The number of aryl methyl sites for hydroxylation is 1. The van der Waals surface area contributed by atoms with Crippen molar-refractivity contribution in [2.75, 3.05) is 26.8 Å². The number of fused-ring (bicyclic) bond motifs is 1. The number of nitrogens with zero attached hydrogens (tertiary/aromatic N) is 1. The van der Waals surface area contributed by atoms with Crippen LogP contribution in [0.4, 0.5) is 4.39 Å². The molecule has 2 amide bonds. The molecule has 0 aromatic heterocycles. The molecule has 0 saturated carbocycles. The summed E-state index contributed by atoms with van der Waals surface area (Å²) in [6.07, 6.45) is 1.87. The normalized spacial score (nSPS) is 18.5. The Balaban J connectivity index is 1.27. The van der Waals surface area contributed by atoms with Crippen molar-refractivity contribution in [1.82, 2.24) is 10.2 Å². The fraction of sp³-hybridized carbons (Fsp3) is 0.440. The molecule has 1 unspecified atom stereocenters. The third kappa shape index (κ3) is 4.87. The van der Waals surface area contributed by atoms with Gasteiger partial charge in [0.25, 0.3) is 0 Å². The fourth-order valence-corrected chi connectivity index (χ4v) is 4.36. The summed E-state index contributed by atoms with van der Waals surface area (Å²) in [6, 6.07) is 10.6. The lowest BCUT2D eigenvalue weighted by atomic mass is 9.92. The first-order chi connectivity index (χ1) is 15.4. The molecule has 0 spiro atoms. The molecule has 1 N–H and O–H groups in total. The van der Waals surface area contributed by atoms with E-state index in [0.29, 0.717) is 51.1 Å². The number of amides is 2. The van der Waals surface area contributed by atoms with Crippen LogP contribution in [0.2, 0.25) is 0 Å². The first kappa shape index (κ1) is 22.1. The van der Waals surface area contributed by atoms with Gasteiger partial charge in [0.2, 0.25) is 11.8 Å². The topological polar surface area (TPSA) is 67.9 Å². The van der Waals surface area contributed by atoms with Crippen LogP contribution in [0.15, 0.2) is 36.4 Å². The quantitative estimate of drug-likeness (QED) is 0.775. The second kappa shape index (κ2) is 9.59. The number of rotatable bonds is 5. The molecule has 4 rings (SSSR count). The van der Waals surface area contributed by atoms with E-state index in [4.69, 9.17) is 9.47 Å². The van der Waals surface area contributed by atoms with Gasteiger partial charge in [-0.05, 0) is 67.1 Å². The molecule has 0 bridgehead atoms. The van der Waals surface area contributed by atoms with Gasteiger partial charge < -0.3 is 19.7 Å². The summed E-state index contributed by atoms with van der Waals surface area (Å²) < 4.78 is 24.8. The van der Waals surface area contributed by atoms with Crippen molar-refractivity contribution in [3.63, 3.8) is 0 Å². The molecular weight excluding hydrogens is 411 g/mol. The lowest BCUT2D eigenvalue weighted by molar-refractivity contribution is -0.140. The lowest BCUT2D eigenvalue weighted by Gasteiger charge is -2.35. The summed E-state index contributed by atoms with van der Waals surface area (Å²) >= 11 is 0. The maximum absolute atomic E-state index is 13.7. The molecule has 7 heteroatoms. The molecule has 32 heavy (non-hydrogen) atoms. The molecule has 2 aliphatic heterocycles. The van der Waals surface area contributed by atoms with E-state index in [1.807, 2.05) is 29.2 Å². The Bertz CT molecular complexity index is 1000. The number of piperidine rings is 1. The van der Waals surface area contributed by atoms with Crippen molar-refractivity contribution in [1.29, 1.82) is 0 Å². The van der Waals surface area contributed by atoms with Crippen LogP contribution in [-0.4, -0.2) is 43.5 Å². The lowest BCUT2D eigenvalue weighted by Crippen LogP contribution is -2.46. The Morgan fingerprint density at radius 1 is 1.16 bits per heavy atom. The number of carbonyl (C=O) groups is 2. The number of nitrogens with one attached hydrogen (secondary N) is 1. The number of likely N-dealkylation sites (tertiary alicyclic amines) is 1. The zero-order valence-corrected chi connectivity index (χ0v) is 18.5. The molecule has 0 aliphatic carbocycles. The van der Waals surface area contributed by atoms with E-state index < -0.39 is 0 Å². The van der Waals surface area contributed by atoms with Crippen molar-refractivity contribution in [2.24, 2.45) is 11.8 Å². The van der Waals surface area contributed by atoms with Crippen LogP contribution >= 0.6 is 0 Å². The average molecular weight is 441 g/mol. The van der Waals surface area contributed by atoms with Crippen molar-refractivity contribution in [2.45, 2.75) is 32.7 Å². The molecule has 1 fully saturated rings. The monoisotopic (exact) mass is 440 g/mol. The molecule has 170 valence electrons. The van der Waals surface area contributed by atoms with E-state index in [1.165, 1.54) is 6.07 Å². The molecule has 2 aliphatic rings. The second-order valence-corrected chi connectivity index (χ2v) is 8.59. The van der Waals surface area contributed by atoms with Crippen LogP contribution in [0, 0.1) is 24.6 Å². The predicted molar refractivity (Wildman–Crippen MR) is 118 cm³/mol. The summed E-state index contributed by atoms with van der Waals surface area (Å²) in [7, 11) is 1.62. The average Bonchev–Trinajstić information content (AvgIpc) is 2.83. The Morgan fingerprint density at radius 3 is 2.66 bits per heavy atom. The third-order valence-corrected chi connectivity index (χ3v) is 6.40. The largest absolute Gasteiger partial charge is 0.497 e. The zero-order valence-electron chi connectivity index (χ0n) is 18.5. The standard InChI is InChI=1S/C25H29FN2O4/c1-16-3-4-17(11-22(16)26)14-27-24(29)18-7-9-28(10-8-18)25(30)20-12-19-13-21(31-2)5-6-23(19)32-15-20/h3-6,11,13,18,20H,7-10,12,14-15H2,1-2H3,(H,27,29). The summed E-state index contributed by atoms with van der Waals surface area (Å²) in [5, 5.41) is 2.90. The van der Waals surface area contributed by atoms with E-state index in [-0.39, 0.29) is 29.5 Å². The van der Waals surface area contributed by atoms with Crippen LogP contribution < -0.4 is 14.8 Å². The van der Waals surface area contributed by atoms with E-state index in [9.17, 15) is 14.0 Å². The second-order valence-electron chi connectivity index (χ2n) is 8.59. The van der Waals surface area contributed by atoms with E-state index >= 15 is 0 Å². The van der Waals surface area contributed by atoms with Crippen molar-refractivity contribution >= 4 is 11.8 Å². The number of methoxy groups -OCH3 is 1. The highest BCUT2D eigenvalue weighted by atomic mass is 19.1. The minimum absolute atomic E-state index is 0.0416. The van der Waals surface area contributed by atoms with E-state index in [0.717, 1.165) is 22.6 Å². The maximum Gasteiger partial charge on any atom is 0.229 e. The van der Waals surface area contributed by atoms with Crippen molar-refractivity contribution < 1.29 is 23.5 Å². The van der Waals surface area contributed by atoms with Gasteiger partial charge in [-0.2, -0.15) is 0 Å². The van der Waals surface area contributed by atoms with Crippen LogP contribution in [0.3, 0.4) is 0 Å². The number of carbonyl (C=O) groups excluding carboxylic acids is 2. The third-order valence-electron chi connectivity index (χ3n) is 6.40. The number of halogens is 1. The van der Waals surface area contributed by atoms with Crippen molar-refractivity contribution in [3.8, 4) is 11.5 Å². The summed E-state index contributed by atoms with van der Waals surface area (Å²) in [5.74, 6) is 0.960. The Morgan fingerprint density at radius 2 is 1.94 bits per heavy atom. The van der Waals surface area contributed by atoms with Crippen LogP contribution in [-0.2, 0) is 22.6 Å². The van der Waals surface area contributed by atoms with Gasteiger partial charge in [-0.1, -0.05) is 12.1 Å². The van der Waals surface area contributed by atoms with E-state index in [2.05, 4.69) is 5.32 Å². The molecule has 1 saturated heterocycles. The zero-order chi connectivity index (χ0) is 22.7. The minimum atomic E-state index is -0.267. The molecule has 1 atom stereocenters. The summed E-state index contributed by atoms with van der Waals surface area (Å²) in [6.45, 7) is 3.49. The van der Waals surface area contributed by atoms with Gasteiger partial charge in [0, 0.05) is 25.6 Å². The SMILES string of the molecule is COc1ccc2c(c1)CC(C(=O)N1CCC(C(=O)NCc3ccc(C)c(F)c3)CC1)CO2. The van der Waals surface area contributed by atoms with Gasteiger partial charge in [0.05, 0.1) is 13.0 Å². The highest BCUT2D eigenvalue weighted by Gasteiger charge is 2.33. The molecule has 2 aromatic rings. The Kier molecular flexibility index (Phi) is 6.63. The minimum Gasteiger partial charge on any atom is -0.497 e. The Hall–Kier alpha value is -3.09. The first-order valence-corrected chi connectivity index (χ1v) is 11.1. The maximum atomic E-state index is 13.7. The highest BCUT2D eigenvalue weighted by Crippen LogP contribution is 2.32. The molecule has 0 radical (unpaired) electrons.